The number of amides is 2. The van der Waals surface area contributed by atoms with Crippen molar-refractivity contribution in [3.63, 3.8) is 0 Å². The predicted octanol–water partition coefficient (Wildman–Crippen LogP) is 2.03. The van der Waals surface area contributed by atoms with Crippen molar-refractivity contribution in [1.82, 2.24) is 9.80 Å². The second-order valence-corrected chi connectivity index (χ2v) is 10.4. The first kappa shape index (κ1) is 23.3. The highest BCUT2D eigenvalue weighted by atomic mass is 32.2. The largest absolute Gasteiger partial charge is 0.447 e. The minimum Gasteiger partial charge on any atom is -0.447 e. The van der Waals surface area contributed by atoms with Crippen LogP contribution < -0.4 is 0 Å². The van der Waals surface area contributed by atoms with E-state index in [2.05, 4.69) is 0 Å². The van der Waals surface area contributed by atoms with E-state index in [9.17, 15) is 18.0 Å². The van der Waals surface area contributed by atoms with Crippen LogP contribution in [0.2, 0.25) is 0 Å². The molecule has 2 aliphatic carbocycles. The lowest BCUT2D eigenvalue weighted by atomic mass is 9.69. The molecule has 0 radical (unpaired) electrons. The van der Waals surface area contributed by atoms with E-state index in [-0.39, 0.29) is 42.0 Å². The third-order valence-electron chi connectivity index (χ3n) is 7.33. The Balaban J connectivity index is 1.72. The van der Waals surface area contributed by atoms with Crippen LogP contribution >= 0.6 is 0 Å². The molecule has 3 aliphatic rings. The van der Waals surface area contributed by atoms with E-state index < -0.39 is 10.7 Å². The highest BCUT2D eigenvalue weighted by Gasteiger charge is 2.48. The number of rotatable bonds is 5. The van der Waals surface area contributed by atoms with Gasteiger partial charge in [-0.15, -0.1) is 0 Å². The number of piperazine rings is 1. The van der Waals surface area contributed by atoms with Crippen LogP contribution in [0.1, 0.15) is 58.8 Å². The summed E-state index contributed by atoms with van der Waals surface area (Å²) in [5.74, 6) is 1.00. The molecule has 2 amide bonds. The highest BCUT2D eigenvalue weighted by Crippen LogP contribution is 2.43. The molecular weight excluding hydrogens is 408 g/mol. The van der Waals surface area contributed by atoms with Crippen LogP contribution in [0.25, 0.3) is 0 Å². The lowest BCUT2D eigenvalue weighted by Crippen LogP contribution is -2.67. The number of fused-ring (bicyclic) bond motifs is 1. The molecule has 3 unspecified atom stereocenters. The maximum atomic E-state index is 12.8. The standard InChI is InChI=1S/C21H36N2O6S/c1-14-13-22(21(25)29-11-10-28-3)20-12-17(6-9-19(20)23(14)15(2)24)16-4-7-18(8-5-16)30(26)27/h14,16-20,30H,4-13H2,1-3H3/t14-,16?,17?,18?,19?,20?/m0/s1. The fraction of sp³-hybridized carbons (Fsp3) is 0.905. The second kappa shape index (κ2) is 10.3. The molecule has 0 spiro atoms. The number of ether oxygens (including phenoxy) is 2. The van der Waals surface area contributed by atoms with Crippen molar-refractivity contribution in [2.24, 2.45) is 11.8 Å². The Morgan fingerprint density at radius 3 is 2.23 bits per heavy atom. The molecule has 8 nitrogen and oxygen atoms in total. The Kier molecular flexibility index (Phi) is 8.01. The van der Waals surface area contributed by atoms with Crippen LogP contribution in [0.4, 0.5) is 4.79 Å². The van der Waals surface area contributed by atoms with Gasteiger partial charge in [-0.25, -0.2) is 13.2 Å². The van der Waals surface area contributed by atoms with E-state index in [0.717, 1.165) is 44.9 Å². The summed E-state index contributed by atoms with van der Waals surface area (Å²) in [5, 5.41) is -0.177. The van der Waals surface area contributed by atoms with E-state index in [0.29, 0.717) is 25.0 Å². The first-order valence-corrected chi connectivity index (χ1v) is 12.4. The number of nitrogens with zero attached hydrogens (tertiary/aromatic N) is 2. The molecule has 0 aromatic rings. The fourth-order valence-electron chi connectivity index (χ4n) is 5.92. The minimum atomic E-state index is -2.33. The van der Waals surface area contributed by atoms with Gasteiger partial charge in [0.25, 0.3) is 0 Å². The quantitative estimate of drug-likeness (QED) is 0.515. The Morgan fingerprint density at radius 2 is 1.63 bits per heavy atom. The molecule has 0 aromatic heterocycles. The minimum absolute atomic E-state index is 0.0185. The summed E-state index contributed by atoms with van der Waals surface area (Å²) in [4.78, 5) is 29.0. The molecule has 0 aromatic carbocycles. The first-order valence-electron chi connectivity index (χ1n) is 11.2. The van der Waals surface area contributed by atoms with Gasteiger partial charge < -0.3 is 19.3 Å². The number of methoxy groups -OCH3 is 1. The van der Waals surface area contributed by atoms with Gasteiger partial charge in [0.15, 0.2) is 0 Å². The molecule has 172 valence electrons. The van der Waals surface area contributed by atoms with E-state index >= 15 is 0 Å². The second-order valence-electron chi connectivity index (χ2n) is 9.10. The van der Waals surface area contributed by atoms with Gasteiger partial charge in [-0.3, -0.25) is 4.79 Å². The van der Waals surface area contributed by atoms with Crippen LogP contribution in [0, 0.1) is 11.8 Å². The molecule has 9 heteroatoms. The number of hydrogen-bond acceptors (Lipinski definition) is 6. The van der Waals surface area contributed by atoms with E-state index in [1.165, 1.54) is 0 Å². The number of thiol groups is 1. The van der Waals surface area contributed by atoms with Crippen molar-refractivity contribution < 1.29 is 27.5 Å². The average Bonchev–Trinajstić information content (AvgIpc) is 2.72. The number of carbonyl (C=O) groups is 2. The van der Waals surface area contributed by atoms with Crippen molar-refractivity contribution in [3.05, 3.63) is 0 Å². The molecule has 1 saturated heterocycles. The summed E-state index contributed by atoms with van der Waals surface area (Å²) < 4.78 is 33.0. The van der Waals surface area contributed by atoms with Gasteiger partial charge in [0.1, 0.15) is 17.3 Å². The van der Waals surface area contributed by atoms with Gasteiger partial charge >= 0.3 is 6.09 Å². The third kappa shape index (κ3) is 5.10. The molecule has 0 bridgehead atoms. The van der Waals surface area contributed by atoms with Crippen molar-refractivity contribution in [3.8, 4) is 0 Å². The van der Waals surface area contributed by atoms with E-state index in [1.54, 1.807) is 14.0 Å². The Labute approximate surface area is 181 Å². The molecule has 4 atom stereocenters. The molecule has 0 N–H and O–H groups in total. The fourth-order valence-corrected chi connectivity index (χ4v) is 6.64. The predicted molar refractivity (Wildman–Crippen MR) is 113 cm³/mol. The summed E-state index contributed by atoms with van der Waals surface area (Å²) in [6.45, 7) is 4.65. The summed E-state index contributed by atoms with van der Waals surface area (Å²) in [7, 11) is -0.763. The molecule has 2 saturated carbocycles. The Bertz CT molecular complexity index is 683. The summed E-state index contributed by atoms with van der Waals surface area (Å²) >= 11 is 0. The monoisotopic (exact) mass is 444 g/mol. The van der Waals surface area contributed by atoms with Crippen LogP contribution in [0.15, 0.2) is 0 Å². The zero-order chi connectivity index (χ0) is 21.8. The molecule has 3 fully saturated rings. The average molecular weight is 445 g/mol. The van der Waals surface area contributed by atoms with E-state index in [4.69, 9.17) is 9.47 Å². The van der Waals surface area contributed by atoms with Gasteiger partial charge in [-0.2, -0.15) is 0 Å². The number of hydrogen-bond donors (Lipinski definition) is 1. The summed E-state index contributed by atoms with van der Waals surface area (Å²) in [6.07, 6.45) is 5.76. The zero-order valence-electron chi connectivity index (χ0n) is 18.3. The van der Waals surface area contributed by atoms with Crippen LogP contribution in [-0.4, -0.2) is 80.5 Å². The molecule has 1 aliphatic heterocycles. The van der Waals surface area contributed by atoms with Gasteiger partial charge in [0, 0.05) is 26.6 Å². The lowest BCUT2D eigenvalue weighted by molar-refractivity contribution is -0.142. The number of carbonyl (C=O) groups excluding carboxylic acids is 2. The first-order chi connectivity index (χ1) is 14.3. The van der Waals surface area contributed by atoms with Crippen molar-refractivity contribution in [2.45, 2.75) is 82.2 Å². The summed E-state index contributed by atoms with van der Waals surface area (Å²) in [6, 6.07) is -0.0724. The van der Waals surface area contributed by atoms with Crippen LogP contribution in [-0.2, 0) is 25.0 Å². The molecule has 30 heavy (non-hydrogen) atoms. The zero-order valence-corrected chi connectivity index (χ0v) is 19.2. The molecule has 1 heterocycles. The summed E-state index contributed by atoms with van der Waals surface area (Å²) in [5.41, 5.74) is 0. The van der Waals surface area contributed by atoms with Gasteiger partial charge in [0.2, 0.25) is 5.91 Å². The maximum Gasteiger partial charge on any atom is 0.410 e. The topological polar surface area (TPSA) is 93.2 Å². The lowest BCUT2D eigenvalue weighted by Gasteiger charge is -2.54. The van der Waals surface area contributed by atoms with Crippen molar-refractivity contribution in [1.29, 1.82) is 0 Å². The normalized spacial score (nSPS) is 34.5. The van der Waals surface area contributed by atoms with Crippen LogP contribution in [0.5, 0.6) is 0 Å². The highest BCUT2D eigenvalue weighted by molar-refractivity contribution is 7.73. The van der Waals surface area contributed by atoms with Crippen molar-refractivity contribution >= 4 is 22.7 Å². The van der Waals surface area contributed by atoms with Gasteiger partial charge in [0.05, 0.1) is 23.9 Å². The van der Waals surface area contributed by atoms with Gasteiger partial charge in [-0.1, -0.05) is 0 Å². The Morgan fingerprint density at radius 1 is 0.967 bits per heavy atom. The maximum absolute atomic E-state index is 12.8. The smallest absolute Gasteiger partial charge is 0.410 e. The van der Waals surface area contributed by atoms with Crippen LogP contribution in [0.3, 0.4) is 0 Å². The molecular formula is C21H36N2O6S. The third-order valence-corrected chi connectivity index (χ3v) is 8.44. The van der Waals surface area contributed by atoms with E-state index in [1.807, 2.05) is 16.7 Å². The molecule has 3 rings (SSSR count). The van der Waals surface area contributed by atoms with Gasteiger partial charge in [-0.05, 0) is 63.7 Å². The van der Waals surface area contributed by atoms with Crippen molar-refractivity contribution in [2.75, 3.05) is 26.9 Å². The SMILES string of the molecule is COCCOC(=O)N1C[C@H](C)N(C(C)=O)C2CCC(C3CCC([SH](=O)=O)CC3)CC21. The Hall–Kier alpha value is -1.35.